The number of halogens is 1. The van der Waals surface area contributed by atoms with Crippen LogP contribution in [0.4, 0.5) is 0 Å². The van der Waals surface area contributed by atoms with Crippen molar-refractivity contribution in [3.8, 4) is 0 Å². The Labute approximate surface area is 88.7 Å². The van der Waals surface area contributed by atoms with E-state index < -0.39 is 0 Å². The van der Waals surface area contributed by atoms with E-state index in [2.05, 4.69) is 26.1 Å². The zero-order valence-electron chi connectivity index (χ0n) is 6.85. The second kappa shape index (κ2) is 4.11. The predicted molar refractivity (Wildman–Crippen MR) is 57.5 cm³/mol. The molecule has 0 unspecified atom stereocenters. The fraction of sp³-hybridized carbons (Fsp3) is 0.250. The standard InChI is InChI=1S/C8H8BrN3S/c9-4-6-13-8-11-10-7-3-1-2-5-12(7)8/h1-3,5H,4,6H2. The lowest BCUT2D eigenvalue weighted by atomic mass is 10.5. The lowest BCUT2D eigenvalue weighted by Crippen LogP contribution is -1.87. The van der Waals surface area contributed by atoms with E-state index in [9.17, 15) is 0 Å². The van der Waals surface area contributed by atoms with Gasteiger partial charge in [-0.2, -0.15) is 0 Å². The van der Waals surface area contributed by atoms with Gasteiger partial charge in [0.25, 0.3) is 0 Å². The Morgan fingerprint density at radius 1 is 1.38 bits per heavy atom. The molecule has 0 bridgehead atoms. The van der Waals surface area contributed by atoms with E-state index in [4.69, 9.17) is 0 Å². The molecule has 0 aliphatic carbocycles. The van der Waals surface area contributed by atoms with Gasteiger partial charge >= 0.3 is 0 Å². The van der Waals surface area contributed by atoms with E-state index in [1.54, 1.807) is 11.8 Å². The average Bonchev–Trinajstić information content (AvgIpc) is 2.58. The average molecular weight is 258 g/mol. The Morgan fingerprint density at radius 2 is 2.31 bits per heavy atom. The van der Waals surface area contributed by atoms with Crippen molar-refractivity contribution in [1.29, 1.82) is 0 Å². The van der Waals surface area contributed by atoms with Gasteiger partial charge in [0.1, 0.15) is 0 Å². The van der Waals surface area contributed by atoms with Gasteiger partial charge in [-0.1, -0.05) is 33.8 Å². The maximum absolute atomic E-state index is 4.09. The summed E-state index contributed by atoms with van der Waals surface area (Å²) in [5.41, 5.74) is 0.902. The maximum Gasteiger partial charge on any atom is 0.195 e. The van der Waals surface area contributed by atoms with Gasteiger partial charge in [-0.25, -0.2) is 0 Å². The summed E-state index contributed by atoms with van der Waals surface area (Å²) in [6.45, 7) is 0. The summed E-state index contributed by atoms with van der Waals surface area (Å²) < 4.78 is 1.99. The predicted octanol–water partition coefficient (Wildman–Crippen LogP) is 2.22. The molecule has 5 heteroatoms. The van der Waals surface area contributed by atoms with Crippen molar-refractivity contribution in [2.45, 2.75) is 5.16 Å². The number of hydrogen-bond acceptors (Lipinski definition) is 3. The normalized spacial score (nSPS) is 10.8. The van der Waals surface area contributed by atoms with Crippen LogP contribution >= 0.6 is 27.7 Å². The fourth-order valence-corrected chi connectivity index (χ4v) is 2.19. The molecule has 0 aliphatic rings. The monoisotopic (exact) mass is 257 g/mol. The highest BCUT2D eigenvalue weighted by atomic mass is 79.9. The Bertz CT molecular complexity index is 401. The first-order valence-electron chi connectivity index (χ1n) is 3.90. The molecule has 2 aromatic rings. The van der Waals surface area contributed by atoms with Gasteiger partial charge in [-0.3, -0.25) is 4.40 Å². The van der Waals surface area contributed by atoms with E-state index >= 15 is 0 Å². The van der Waals surface area contributed by atoms with Crippen molar-refractivity contribution < 1.29 is 0 Å². The molecule has 68 valence electrons. The van der Waals surface area contributed by atoms with Gasteiger partial charge in [0, 0.05) is 17.3 Å². The van der Waals surface area contributed by atoms with Gasteiger partial charge in [0.15, 0.2) is 10.8 Å². The molecular weight excluding hydrogens is 250 g/mol. The summed E-state index contributed by atoms with van der Waals surface area (Å²) in [5.74, 6) is 1.01. The topological polar surface area (TPSA) is 30.2 Å². The molecule has 0 amide bonds. The smallest absolute Gasteiger partial charge is 0.195 e. The molecule has 0 N–H and O–H groups in total. The Morgan fingerprint density at radius 3 is 3.15 bits per heavy atom. The summed E-state index contributed by atoms with van der Waals surface area (Å²) in [6.07, 6.45) is 1.98. The van der Waals surface area contributed by atoms with Crippen molar-refractivity contribution in [1.82, 2.24) is 14.6 Å². The molecule has 0 aliphatic heterocycles. The number of hydrogen-bond donors (Lipinski definition) is 0. The van der Waals surface area contributed by atoms with Crippen molar-refractivity contribution >= 4 is 33.3 Å². The molecule has 2 aromatic heterocycles. The number of alkyl halides is 1. The molecule has 0 radical (unpaired) electrons. The first-order valence-corrected chi connectivity index (χ1v) is 6.01. The first-order chi connectivity index (χ1) is 6.42. The highest BCUT2D eigenvalue weighted by Gasteiger charge is 2.03. The van der Waals surface area contributed by atoms with Gasteiger partial charge in [-0.15, -0.1) is 10.2 Å². The minimum Gasteiger partial charge on any atom is -0.277 e. The summed E-state index contributed by atoms with van der Waals surface area (Å²) in [4.78, 5) is 0. The molecule has 13 heavy (non-hydrogen) atoms. The van der Waals surface area contributed by atoms with Crippen LogP contribution in [0.1, 0.15) is 0 Å². The van der Waals surface area contributed by atoms with Gasteiger partial charge in [-0.05, 0) is 12.1 Å². The van der Waals surface area contributed by atoms with E-state index in [1.165, 1.54) is 0 Å². The van der Waals surface area contributed by atoms with Crippen molar-refractivity contribution in [3.05, 3.63) is 24.4 Å². The van der Waals surface area contributed by atoms with Crippen LogP contribution in [0.25, 0.3) is 5.65 Å². The molecule has 0 fully saturated rings. The van der Waals surface area contributed by atoms with Crippen molar-refractivity contribution in [3.63, 3.8) is 0 Å². The summed E-state index contributed by atoms with van der Waals surface area (Å²) >= 11 is 5.08. The summed E-state index contributed by atoms with van der Waals surface area (Å²) in [7, 11) is 0. The third-order valence-electron chi connectivity index (χ3n) is 1.59. The first kappa shape index (κ1) is 9.02. The molecule has 0 spiro atoms. The molecule has 3 nitrogen and oxygen atoms in total. The number of thioether (sulfide) groups is 1. The molecule has 2 heterocycles. The largest absolute Gasteiger partial charge is 0.277 e. The highest BCUT2D eigenvalue weighted by molar-refractivity contribution is 9.09. The fourth-order valence-electron chi connectivity index (χ4n) is 1.05. The Balaban J connectivity index is 2.35. The van der Waals surface area contributed by atoms with E-state index in [-0.39, 0.29) is 0 Å². The van der Waals surface area contributed by atoms with Gasteiger partial charge < -0.3 is 0 Å². The third-order valence-corrected chi connectivity index (χ3v) is 3.46. The Kier molecular flexibility index (Phi) is 2.85. The number of aromatic nitrogens is 3. The zero-order valence-corrected chi connectivity index (χ0v) is 9.25. The van der Waals surface area contributed by atoms with Crippen LogP contribution in [-0.4, -0.2) is 25.7 Å². The van der Waals surface area contributed by atoms with E-state index in [0.717, 1.165) is 21.9 Å². The van der Waals surface area contributed by atoms with Crippen LogP contribution in [0.15, 0.2) is 29.6 Å². The molecule has 0 atom stereocenters. The molecular formula is C8H8BrN3S. The number of fused-ring (bicyclic) bond motifs is 1. The molecule has 0 saturated carbocycles. The van der Waals surface area contributed by atoms with E-state index in [1.807, 2.05) is 28.8 Å². The zero-order chi connectivity index (χ0) is 9.10. The summed E-state index contributed by atoms with van der Waals surface area (Å²) in [5, 5.41) is 10.1. The third kappa shape index (κ3) is 1.86. The number of nitrogens with zero attached hydrogens (tertiary/aromatic N) is 3. The SMILES string of the molecule is BrCCSc1nnc2ccccn12. The number of pyridine rings is 1. The van der Waals surface area contributed by atoms with Crippen molar-refractivity contribution in [2.75, 3.05) is 11.1 Å². The lowest BCUT2D eigenvalue weighted by molar-refractivity contribution is 0.922. The number of rotatable bonds is 3. The van der Waals surface area contributed by atoms with Crippen LogP contribution in [0, 0.1) is 0 Å². The quantitative estimate of drug-likeness (QED) is 0.624. The molecule has 0 aromatic carbocycles. The van der Waals surface area contributed by atoms with Crippen LogP contribution in [0.3, 0.4) is 0 Å². The van der Waals surface area contributed by atoms with Crippen LogP contribution in [0.2, 0.25) is 0 Å². The van der Waals surface area contributed by atoms with Gasteiger partial charge in [0.05, 0.1) is 0 Å². The Hall–Kier alpha value is -0.550. The summed E-state index contributed by atoms with van der Waals surface area (Å²) in [6, 6.07) is 5.89. The molecule has 0 saturated heterocycles. The lowest BCUT2D eigenvalue weighted by Gasteiger charge is -1.95. The van der Waals surface area contributed by atoms with Crippen LogP contribution < -0.4 is 0 Å². The maximum atomic E-state index is 4.09. The van der Waals surface area contributed by atoms with Gasteiger partial charge in [0.2, 0.25) is 0 Å². The second-order valence-electron chi connectivity index (χ2n) is 2.45. The second-order valence-corrected chi connectivity index (χ2v) is 4.30. The van der Waals surface area contributed by atoms with Crippen LogP contribution in [0.5, 0.6) is 0 Å². The van der Waals surface area contributed by atoms with Crippen LogP contribution in [-0.2, 0) is 0 Å². The minimum atomic E-state index is 0.902. The minimum absolute atomic E-state index is 0.902. The molecule has 2 rings (SSSR count). The van der Waals surface area contributed by atoms with E-state index in [0.29, 0.717) is 0 Å². The van der Waals surface area contributed by atoms with Crippen molar-refractivity contribution in [2.24, 2.45) is 0 Å². The highest BCUT2D eigenvalue weighted by Crippen LogP contribution is 2.16.